The van der Waals surface area contributed by atoms with Crippen LogP contribution in [0, 0.1) is 0 Å². The van der Waals surface area contributed by atoms with Crippen molar-refractivity contribution in [1.29, 1.82) is 0 Å². The van der Waals surface area contributed by atoms with Crippen LogP contribution in [0.4, 0.5) is 4.79 Å². The van der Waals surface area contributed by atoms with Gasteiger partial charge in [-0.1, -0.05) is 0 Å². The third kappa shape index (κ3) is 4.54. The molecular weight excluding hydrogens is 325 g/mol. The number of hydrogen-bond donors (Lipinski definition) is 1. The van der Waals surface area contributed by atoms with Gasteiger partial charge >= 0.3 is 6.09 Å². The topological polar surface area (TPSA) is 64.6 Å². The van der Waals surface area contributed by atoms with Crippen LogP contribution in [0.5, 0.6) is 5.75 Å². The van der Waals surface area contributed by atoms with Gasteiger partial charge in [-0.05, 0) is 45.7 Å². The van der Waals surface area contributed by atoms with E-state index in [0.717, 1.165) is 0 Å². The molecule has 18 heavy (non-hydrogen) atoms. The number of ether oxygens (including phenoxy) is 2. The molecule has 7 heteroatoms. The fourth-order valence-electron chi connectivity index (χ4n) is 1.12. The first-order valence-electron chi connectivity index (χ1n) is 4.98. The van der Waals surface area contributed by atoms with E-state index in [1.165, 1.54) is 13.2 Å². The number of carbonyl (C=O) groups excluding carboxylic acids is 2. The van der Waals surface area contributed by atoms with Crippen LogP contribution in [0.3, 0.4) is 0 Å². The van der Waals surface area contributed by atoms with Crippen molar-refractivity contribution in [3.05, 3.63) is 28.2 Å². The zero-order valence-corrected chi connectivity index (χ0v) is 11.9. The molecule has 0 aliphatic heterocycles. The van der Waals surface area contributed by atoms with E-state index in [0.29, 0.717) is 15.8 Å². The highest BCUT2D eigenvalue weighted by atomic mass is 79.9. The van der Waals surface area contributed by atoms with E-state index in [1.54, 1.807) is 12.1 Å². The van der Waals surface area contributed by atoms with Crippen molar-refractivity contribution in [3.8, 4) is 5.75 Å². The smallest absolute Gasteiger partial charge is 0.406 e. The summed E-state index contributed by atoms with van der Waals surface area (Å²) in [6.45, 7) is 0.534. The number of methoxy groups -OCH3 is 1. The summed E-state index contributed by atoms with van der Waals surface area (Å²) in [5, 5.41) is 1.91. The van der Waals surface area contributed by atoms with Crippen LogP contribution in [0.15, 0.2) is 22.7 Å². The van der Waals surface area contributed by atoms with Crippen LogP contribution in [0.1, 0.15) is 10.4 Å². The molecule has 0 radical (unpaired) electrons. The van der Waals surface area contributed by atoms with Gasteiger partial charge in [0.25, 0.3) is 5.24 Å². The second kappa shape index (κ2) is 7.23. The van der Waals surface area contributed by atoms with Crippen molar-refractivity contribution < 1.29 is 19.1 Å². The molecule has 1 aromatic rings. The third-order valence-electron chi connectivity index (χ3n) is 1.97. The first-order valence-corrected chi connectivity index (χ1v) is 6.15. The van der Waals surface area contributed by atoms with E-state index in [4.69, 9.17) is 16.3 Å². The van der Waals surface area contributed by atoms with Gasteiger partial charge in [0.1, 0.15) is 12.4 Å². The molecular formula is C11H11BrClNO4. The molecule has 1 aromatic carbocycles. The number of hydrogen-bond acceptors (Lipinski definition) is 4. The average molecular weight is 337 g/mol. The summed E-state index contributed by atoms with van der Waals surface area (Å²) in [5.41, 5.74) is 0.343. The van der Waals surface area contributed by atoms with Gasteiger partial charge in [0.15, 0.2) is 0 Å². The lowest BCUT2D eigenvalue weighted by Crippen LogP contribution is -2.27. The Morgan fingerprint density at radius 1 is 1.44 bits per heavy atom. The molecule has 0 bridgehead atoms. The van der Waals surface area contributed by atoms with E-state index in [-0.39, 0.29) is 13.2 Å². The molecule has 0 atom stereocenters. The van der Waals surface area contributed by atoms with E-state index < -0.39 is 11.3 Å². The zero-order valence-electron chi connectivity index (χ0n) is 9.54. The predicted molar refractivity (Wildman–Crippen MR) is 70.2 cm³/mol. The van der Waals surface area contributed by atoms with Gasteiger partial charge in [-0.3, -0.25) is 4.79 Å². The molecule has 1 N–H and O–H groups in total. The van der Waals surface area contributed by atoms with Crippen LogP contribution in [0.25, 0.3) is 0 Å². The van der Waals surface area contributed by atoms with E-state index in [1.807, 2.05) is 0 Å². The summed E-state index contributed by atoms with van der Waals surface area (Å²) in [7, 11) is 1.28. The monoisotopic (exact) mass is 335 g/mol. The lowest BCUT2D eigenvalue weighted by atomic mass is 10.2. The Morgan fingerprint density at radius 3 is 2.78 bits per heavy atom. The molecule has 0 aliphatic rings. The standard InChI is InChI=1S/C11H11BrClNO4/c1-17-11(16)14-4-5-18-9-6-7(10(13)15)2-3-8(9)12/h2-3,6H,4-5H2,1H3,(H,14,16). The SMILES string of the molecule is COC(=O)NCCOc1cc(C(=O)Cl)ccc1Br. The minimum Gasteiger partial charge on any atom is -0.491 e. The fourth-order valence-corrected chi connectivity index (χ4v) is 1.60. The van der Waals surface area contributed by atoms with E-state index in [9.17, 15) is 9.59 Å². The Bertz CT molecular complexity index is 453. The van der Waals surface area contributed by atoms with Gasteiger partial charge in [0, 0.05) is 5.56 Å². The number of amides is 1. The molecule has 0 aliphatic carbocycles. The molecule has 0 saturated carbocycles. The van der Waals surface area contributed by atoms with Crippen LogP contribution >= 0.6 is 27.5 Å². The van der Waals surface area contributed by atoms with Gasteiger partial charge in [-0.25, -0.2) is 4.79 Å². The summed E-state index contributed by atoms with van der Waals surface area (Å²) in [5.74, 6) is 0.480. The van der Waals surface area contributed by atoms with Gasteiger partial charge < -0.3 is 14.8 Å². The van der Waals surface area contributed by atoms with Crippen LogP contribution < -0.4 is 10.1 Å². The maximum absolute atomic E-state index is 11.0. The molecule has 0 fully saturated rings. The number of alkyl carbamates (subject to hydrolysis) is 1. The number of halogens is 2. The highest BCUT2D eigenvalue weighted by Crippen LogP contribution is 2.26. The predicted octanol–water partition coefficient (Wildman–Crippen LogP) is 2.56. The van der Waals surface area contributed by atoms with E-state index in [2.05, 4.69) is 26.0 Å². The maximum Gasteiger partial charge on any atom is 0.406 e. The minimum atomic E-state index is -0.556. The fraction of sp³-hybridized carbons (Fsp3) is 0.273. The quantitative estimate of drug-likeness (QED) is 0.663. The number of benzene rings is 1. The highest BCUT2D eigenvalue weighted by molar-refractivity contribution is 9.10. The maximum atomic E-state index is 11.0. The molecule has 98 valence electrons. The van der Waals surface area contributed by atoms with Crippen LogP contribution in [-0.4, -0.2) is 31.6 Å². The molecule has 1 amide bonds. The first kappa shape index (κ1) is 14.8. The van der Waals surface area contributed by atoms with Gasteiger partial charge in [-0.15, -0.1) is 0 Å². The summed E-state index contributed by atoms with van der Waals surface area (Å²) in [6, 6.07) is 4.77. The van der Waals surface area contributed by atoms with Gasteiger partial charge in [0.05, 0.1) is 18.1 Å². The number of rotatable bonds is 5. The number of nitrogens with one attached hydrogen (secondary N) is 1. The molecule has 0 aromatic heterocycles. The zero-order chi connectivity index (χ0) is 13.5. The molecule has 0 unspecified atom stereocenters. The molecule has 1 rings (SSSR count). The minimum absolute atomic E-state index is 0.244. The van der Waals surface area contributed by atoms with Crippen molar-refractivity contribution >= 4 is 38.9 Å². The lowest BCUT2D eigenvalue weighted by molar-refractivity contribution is 0.108. The Kier molecular flexibility index (Phi) is 5.94. The first-order chi connectivity index (χ1) is 8.54. The van der Waals surface area contributed by atoms with Crippen molar-refractivity contribution in [1.82, 2.24) is 5.32 Å². The Labute approximate surface area is 118 Å². The van der Waals surface area contributed by atoms with Gasteiger partial charge in [0.2, 0.25) is 0 Å². The van der Waals surface area contributed by atoms with E-state index >= 15 is 0 Å². The van der Waals surface area contributed by atoms with Crippen molar-refractivity contribution in [2.24, 2.45) is 0 Å². The average Bonchev–Trinajstić information content (AvgIpc) is 2.35. The van der Waals surface area contributed by atoms with Gasteiger partial charge in [-0.2, -0.15) is 0 Å². The van der Waals surface area contributed by atoms with Crippen molar-refractivity contribution in [2.45, 2.75) is 0 Å². The number of carbonyl (C=O) groups is 2. The second-order valence-corrected chi connectivity index (χ2v) is 4.38. The molecule has 0 spiro atoms. The summed E-state index contributed by atoms with van der Waals surface area (Å²) < 4.78 is 10.5. The molecule has 5 nitrogen and oxygen atoms in total. The summed E-state index contributed by atoms with van der Waals surface area (Å²) >= 11 is 8.65. The Hall–Kier alpha value is -1.27. The Balaban J connectivity index is 2.53. The summed E-state index contributed by atoms with van der Waals surface area (Å²) in [6.07, 6.45) is -0.526. The van der Waals surface area contributed by atoms with Crippen LogP contribution in [0.2, 0.25) is 0 Å². The molecule has 0 heterocycles. The lowest BCUT2D eigenvalue weighted by Gasteiger charge is -2.09. The largest absolute Gasteiger partial charge is 0.491 e. The summed E-state index contributed by atoms with van der Waals surface area (Å²) in [4.78, 5) is 21.8. The normalized spacial score (nSPS) is 9.72. The van der Waals surface area contributed by atoms with Crippen LogP contribution in [-0.2, 0) is 4.74 Å². The third-order valence-corrected chi connectivity index (χ3v) is 2.85. The molecule has 0 saturated heterocycles. The highest BCUT2D eigenvalue weighted by Gasteiger charge is 2.07. The second-order valence-electron chi connectivity index (χ2n) is 3.19. The van der Waals surface area contributed by atoms with Crippen molar-refractivity contribution in [2.75, 3.05) is 20.3 Å². The van der Waals surface area contributed by atoms with Crippen molar-refractivity contribution in [3.63, 3.8) is 0 Å². The Morgan fingerprint density at radius 2 is 2.17 bits per heavy atom.